The third-order valence-electron chi connectivity index (χ3n) is 3.02. The summed E-state index contributed by atoms with van der Waals surface area (Å²) >= 11 is 0. The Balaban J connectivity index is 2.24. The first-order valence-electron chi connectivity index (χ1n) is 6.39. The summed E-state index contributed by atoms with van der Waals surface area (Å²) < 4.78 is 0. The van der Waals surface area contributed by atoms with Crippen molar-refractivity contribution in [3.05, 3.63) is 34.9 Å². The molecule has 1 heteroatoms. The van der Waals surface area contributed by atoms with Crippen LogP contribution in [0, 0.1) is 13.8 Å². The van der Waals surface area contributed by atoms with E-state index in [1.807, 2.05) is 0 Å². The summed E-state index contributed by atoms with van der Waals surface area (Å²) in [6, 6.07) is 7.43. The highest BCUT2D eigenvalue weighted by Crippen LogP contribution is 2.11. The van der Waals surface area contributed by atoms with Gasteiger partial charge in [0.25, 0.3) is 0 Å². The van der Waals surface area contributed by atoms with E-state index in [1.54, 1.807) is 0 Å². The van der Waals surface area contributed by atoms with Crippen LogP contribution in [0.2, 0.25) is 0 Å². The third-order valence-corrected chi connectivity index (χ3v) is 3.02. The van der Waals surface area contributed by atoms with Gasteiger partial charge in [0.1, 0.15) is 0 Å². The Kier molecular flexibility index (Phi) is 5.54. The van der Waals surface area contributed by atoms with Crippen molar-refractivity contribution in [2.45, 2.75) is 53.0 Å². The van der Waals surface area contributed by atoms with Gasteiger partial charge in [0.15, 0.2) is 0 Å². The zero-order valence-electron chi connectivity index (χ0n) is 11.1. The molecule has 90 valence electrons. The van der Waals surface area contributed by atoms with E-state index in [2.05, 4.69) is 51.2 Å². The van der Waals surface area contributed by atoms with Gasteiger partial charge in [-0.2, -0.15) is 0 Å². The van der Waals surface area contributed by atoms with Crippen LogP contribution in [0.3, 0.4) is 0 Å². The van der Waals surface area contributed by atoms with Gasteiger partial charge in [0, 0.05) is 6.04 Å². The standard InChI is InChI=1S/C15H25N/c1-12(2)16-10-6-5-7-15-9-8-13(3)14(4)11-15/h8-9,11-12,16H,5-7,10H2,1-4H3. The van der Waals surface area contributed by atoms with E-state index in [4.69, 9.17) is 0 Å². The van der Waals surface area contributed by atoms with Crippen LogP contribution in [-0.2, 0) is 6.42 Å². The summed E-state index contributed by atoms with van der Waals surface area (Å²) in [6.07, 6.45) is 3.76. The van der Waals surface area contributed by atoms with Gasteiger partial charge in [-0.05, 0) is 56.3 Å². The molecule has 0 amide bonds. The minimum Gasteiger partial charge on any atom is -0.315 e. The number of rotatable bonds is 6. The second-order valence-electron chi connectivity index (χ2n) is 4.98. The Morgan fingerprint density at radius 3 is 2.44 bits per heavy atom. The molecule has 0 aliphatic carbocycles. The van der Waals surface area contributed by atoms with Crippen LogP contribution >= 0.6 is 0 Å². The molecule has 0 spiro atoms. The van der Waals surface area contributed by atoms with Crippen molar-refractivity contribution in [3.8, 4) is 0 Å². The molecule has 0 saturated heterocycles. The van der Waals surface area contributed by atoms with E-state index >= 15 is 0 Å². The maximum absolute atomic E-state index is 3.45. The van der Waals surface area contributed by atoms with E-state index in [-0.39, 0.29) is 0 Å². The van der Waals surface area contributed by atoms with Gasteiger partial charge in [-0.25, -0.2) is 0 Å². The largest absolute Gasteiger partial charge is 0.315 e. The Bertz CT molecular complexity index is 315. The minimum absolute atomic E-state index is 0.613. The normalized spacial score (nSPS) is 11.1. The summed E-state index contributed by atoms with van der Waals surface area (Å²) in [5, 5.41) is 3.45. The Hall–Kier alpha value is -0.820. The molecule has 0 aliphatic rings. The summed E-state index contributed by atoms with van der Waals surface area (Å²) in [7, 11) is 0. The highest BCUT2D eigenvalue weighted by Gasteiger charge is 1.97. The number of benzene rings is 1. The molecule has 1 rings (SSSR count). The summed E-state index contributed by atoms with van der Waals surface area (Å²) in [6.45, 7) is 9.90. The molecule has 0 atom stereocenters. The molecule has 0 aromatic heterocycles. The van der Waals surface area contributed by atoms with Crippen LogP contribution in [0.4, 0.5) is 0 Å². The summed E-state index contributed by atoms with van der Waals surface area (Å²) in [4.78, 5) is 0. The molecule has 0 unspecified atom stereocenters. The SMILES string of the molecule is Cc1ccc(CCCCNC(C)C)cc1C. The lowest BCUT2D eigenvalue weighted by Gasteiger charge is -2.08. The fourth-order valence-electron chi connectivity index (χ4n) is 1.80. The number of hydrogen-bond donors (Lipinski definition) is 1. The summed E-state index contributed by atoms with van der Waals surface area (Å²) in [5.41, 5.74) is 4.29. The number of aryl methyl sites for hydroxylation is 3. The quantitative estimate of drug-likeness (QED) is 0.721. The van der Waals surface area contributed by atoms with Crippen molar-refractivity contribution in [2.24, 2.45) is 0 Å². The Labute approximate surface area is 100 Å². The van der Waals surface area contributed by atoms with E-state index < -0.39 is 0 Å². The fourth-order valence-corrected chi connectivity index (χ4v) is 1.80. The minimum atomic E-state index is 0.613. The first kappa shape index (κ1) is 13.2. The van der Waals surface area contributed by atoms with Gasteiger partial charge < -0.3 is 5.32 Å². The molecule has 1 nitrogen and oxygen atoms in total. The lowest BCUT2D eigenvalue weighted by Crippen LogP contribution is -2.23. The van der Waals surface area contributed by atoms with Gasteiger partial charge in [0.05, 0.1) is 0 Å². The molecule has 1 aromatic carbocycles. The zero-order valence-corrected chi connectivity index (χ0v) is 11.1. The first-order valence-corrected chi connectivity index (χ1v) is 6.39. The lowest BCUT2D eigenvalue weighted by molar-refractivity contribution is 0.557. The molecular formula is C15H25N. The van der Waals surface area contributed by atoms with E-state index in [0.29, 0.717) is 6.04 Å². The number of hydrogen-bond acceptors (Lipinski definition) is 1. The molecule has 0 fully saturated rings. The van der Waals surface area contributed by atoms with Gasteiger partial charge in [-0.15, -0.1) is 0 Å². The fraction of sp³-hybridized carbons (Fsp3) is 0.600. The number of nitrogens with one attached hydrogen (secondary N) is 1. The Morgan fingerprint density at radius 1 is 1.06 bits per heavy atom. The molecule has 0 radical (unpaired) electrons. The number of unbranched alkanes of at least 4 members (excludes halogenated alkanes) is 1. The molecule has 1 aromatic rings. The second-order valence-corrected chi connectivity index (χ2v) is 4.98. The van der Waals surface area contributed by atoms with Crippen LogP contribution in [-0.4, -0.2) is 12.6 Å². The van der Waals surface area contributed by atoms with Crippen molar-refractivity contribution in [1.29, 1.82) is 0 Å². The molecule has 0 bridgehead atoms. The second kappa shape index (κ2) is 6.70. The van der Waals surface area contributed by atoms with Crippen LogP contribution < -0.4 is 5.32 Å². The van der Waals surface area contributed by atoms with Gasteiger partial charge in [0.2, 0.25) is 0 Å². The predicted molar refractivity (Wildman–Crippen MR) is 72.0 cm³/mol. The Morgan fingerprint density at radius 2 is 1.81 bits per heavy atom. The highest BCUT2D eigenvalue weighted by molar-refractivity contribution is 5.29. The maximum Gasteiger partial charge on any atom is 0.00103 e. The van der Waals surface area contributed by atoms with Crippen LogP contribution in [0.1, 0.15) is 43.4 Å². The third kappa shape index (κ3) is 4.80. The molecular weight excluding hydrogens is 194 g/mol. The first-order chi connectivity index (χ1) is 7.59. The molecule has 0 heterocycles. The average Bonchev–Trinajstić information content (AvgIpc) is 2.22. The molecule has 0 saturated carbocycles. The zero-order chi connectivity index (χ0) is 12.0. The lowest BCUT2D eigenvalue weighted by atomic mass is 10.0. The highest BCUT2D eigenvalue weighted by atomic mass is 14.9. The van der Waals surface area contributed by atoms with E-state index in [0.717, 1.165) is 6.54 Å². The topological polar surface area (TPSA) is 12.0 Å². The van der Waals surface area contributed by atoms with Gasteiger partial charge in [-0.3, -0.25) is 0 Å². The predicted octanol–water partition coefficient (Wildman–Crippen LogP) is 3.62. The summed E-state index contributed by atoms with van der Waals surface area (Å²) in [5.74, 6) is 0. The van der Waals surface area contributed by atoms with E-state index in [1.165, 1.54) is 36.0 Å². The van der Waals surface area contributed by atoms with Crippen LogP contribution in [0.25, 0.3) is 0 Å². The van der Waals surface area contributed by atoms with Crippen molar-refractivity contribution in [1.82, 2.24) is 5.32 Å². The molecule has 16 heavy (non-hydrogen) atoms. The van der Waals surface area contributed by atoms with Crippen molar-refractivity contribution in [2.75, 3.05) is 6.54 Å². The van der Waals surface area contributed by atoms with Crippen molar-refractivity contribution < 1.29 is 0 Å². The van der Waals surface area contributed by atoms with Crippen molar-refractivity contribution in [3.63, 3.8) is 0 Å². The average molecular weight is 219 g/mol. The van der Waals surface area contributed by atoms with E-state index in [9.17, 15) is 0 Å². The maximum atomic E-state index is 3.45. The molecule has 0 aliphatic heterocycles. The van der Waals surface area contributed by atoms with Gasteiger partial charge >= 0.3 is 0 Å². The molecule has 1 N–H and O–H groups in total. The smallest absolute Gasteiger partial charge is 0.00103 e. The van der Waals surface area contributed by atoms with Crippen molar-refractivity contribution >= 4 is 0 Å². The monoisotopic (exact) mass is 219 g/mol. The van der Waals surface area contributed by atoms with Gasteiger partial charge in [-0.1, -0.05) is 32.0 Å². The van der Waals surface area contributed by atoms with Crippen LogP contribution in [0.15, 0.2) is 18.2 Å². The van der Waals surface area contributed by atoms with Crippen LogP contribution in [0.5, 0.6) is 0 Å².